The van der Waals surface area contributed by atoms with Crippen molar-refractivity contribution < 1.29 is 15.0 Å². The van der Waals surface area contributed by atoms with E-state index in [4.69, 9.17) is 10.2 Å². The van der Waals surface area contributed by atoms with E-state index in [9.17, 15) is 9.59 Å². The van der Waals surface area contributed by atoms with Gasteiger partial charge in [0.05, 0.1) is 6.10 Å². The topological polar surface area (TPSA) is 79.5 Å². The number of aromatic carboxylic acids is 1. The van der Waals surface area contributed by atoms with Crippen LogP contribution in [0.3, 0.4) is 0 Å². The zero-order valence-corrected chi connectivity index (χ0v) is 7.96. The van der Waals surface area contributed by atoms with E-state index >= 15 is 0 Å². The third kappa shape index (κ3) is 1.66. The molecule has 0 atom stereocenters. The molecule has 1 aromatic rings. The van der Waals surface area contributed by atoms with Gasteiger partial charge in [-0.2, -0.15) is 0 Å². The summed E-state index contributed by atoms with van der Waals surface area (Å²) in [5.41, 5.74) is -0.721. The fourth-order valence-corrected chi connectivity index (χ4v) is 1.75. The highest BCUT2D eigenvalue weighted by Gasteiger charge is 2.29. The molecule has 2 N–H and O–H groups in total. The third-order valence-corrected chi connectivity index (χ3v) is 2.69. The third-order valence-electron chi connectivity index (χ3n) is 2.69. The highest BCUT2D eigenvalue weighted by molar-refractivity contribution is 5.86. The zero-order chi connectivity index (χ0) is 11.0. The minimum atomic E-state index is -1.21. The summed E-state index contributed by atoms with van der Waals surface area (Å²) < 4.78 is 1.39. The van der Waals surface area contributed by atoms with Crippen molar-refractivity contribution in [3.8, 4) is 0 Å². The fourth-order valence-electron chi connectivity index (χ4n) is 1.75. The summed E-state index contributed by atoms with van der Waals surface area (Å²) in [7, 11) is 0. The number of rotatable bonds is 2. The van der Waals surface area contributed by atoms with Crippen molar-refractivity contribution in [2.75, 3.05) is 0 Å². The Bertz CT molecular complexity index is 445. The second-order valence-electron chi connectivity index (χ2n) is 3.72. The molecule has 1 aliphatic carbocycles. The quantitative estimate of drug-likeness (QED) is 0.731. The number of carboxylic acids is 1. The van der Waals surface area contributed by atoms with Crippen molar-refractivity contribution in [1.29, 1.82) is 0 Å². The number of aliphatic hydroxyl groups excluding tert-OH is 1. The maximum atomic E-state index is 11.7. The predicted molar refractivity (Wildman–Crippen MR) is 51.9 cm³/mol. The minimum Gasteiger partial charge on any atom is -0.477 e. The molecule has 5 heteroatoms. The molecule has 0 saturated heterocycles. The van der Waals surface area contributed by atoms with E-state index < -0.39 is 11.5 Å². The molecule has 0 bridgehead atoms. The van der Waals surface area contributed by atoms with E-state index in [0.717, 1.165) is 0 Å². The molecule has 80 valence electrons. The van der Waals surface area contributed by atoms with Crippen LogP contribution >= 0.6 is 0 Å². The van der Waals surface area contributed by atoms with Crippen molar-refractivity contribution in [3.63, 3.8) is 0 Å². The molecule has 2 rings (SSSR count). The lowest BCUT2D eigenvalue weighted by molar-refractivity contribution is 0.0468. The summed E-state index contributed by atoms with van der Waals surface area (Å²) in [6, 6.07) is 2.76. The molecule has 1 heterocycles. The van der Waals surface area contributed by atoms with Crippen LogP contribution in [-0.4, -0.2) is 26.9 Å². The Morgan fingerprint density at radius 2 is 2.13 bits per heavy atom. The highest BCUT2D eigenvalue weighted by atomic mass is 16.4. The number of carbonyl (C=O) groups is 1. The van der Waals surface area contributed by atoms with Crippen LogP contribution in [0.15, 0.2) is 23.1 Å². The lowest BCUT2D eigenvalue weighted by Gasteiger charge is -2.32. The van der Waals surface area contributed by atoms with Gasteiger partial charge in [-0.05, 0) is 25.0 Å². The van der Waals surface area contributed by atoms with E-state index in [0.29, 0.717) is 12.8 Å². The molecule has 1 fully saturated rings. The maximum absolute atomic E-state index is 11.7. The average molecular weight is 209 g/mol. The number of aliphatic hydroxyl groups is 1. The molecular weight excluding hydrogens is 198 g/mol. The van der Waals surface area contributed by atoms with Gasteiger partial charge in [-0.25, -0.2) is 4.79 Å². The van der Waals surface area contributed by atoms with Crippen LogP contribution in [0, 0.1) is 0 Å². The van der Waals surface area contributed by atoms with Crippen molar-refractivity contribution in [2.45, 2.75) is 25.0 Å². The summed E-state index contributed by atoms with van der Waals surface area (Å²) in [5.74, 6) is -1.21. The Hall–Kier alpha value is -1.62. The van der Waals surface area contributed by atoms with Crippen molar-refractivity contribution in [1.82, 2.24) is 4.57 Å². The molecule has 15 heavy (non-hydrogen) atoms. The van der Waals surface area contributed by atoms with Gasteiger partial charge in [0.15, 0.2) is 0 Å². The van der Waals surface area contributed by atoms with E-state index in [-0.39, 0.29) is 17.7 Å². The second kappa shape index (κ2) is 3.51. The Morgan fingerprint density at radius 1 is 1.47 bits per heavy atom. The van der Waals surface area contributed by atoms with Crippen LogP contribution in [0.5, 0.6) is 0 Å². The van der Waals surface area contributed by atoms with Crippen LogP contribution in [0.4, 0.5) is 0 Å². The van der Waals surface area contributed by atoms with E-state index in [1.807, 2.05) is 0 Å². The minimum absolute atomic E-state index is 0.0631. The number of pyridine rings is 1. The van der Waals surface area contributed by atoms with Gasteiger partial charge < -0.3 is 14.8 Å². The van der Waals surface area contributed by atoms with Crippen molar-refractivity contribution in [2.24, 2.45) is 0 Å². The standard InChI is InChI=1S/C10H11NO4/c12-7-4-6(5-7)11-3-1-2-8(9(11)13)10(14)15/h1-3,6-7,12H,4-5H2,(H,14,15). The smallest absolute Gasteiger partial charge is 0.341 e. The Labute approximate surface area is 85.6 Å². The van der Waals surface area contributed by atoms with E-state index in [2.05, 4.69) is 0 Å². The molecule has 0 radical (unpaired) electrons. The van der Waals surface area contributed by atoms with E-state index in [1.54, 1.807) is 6.20 Å². The fraction of sp³-hybridized carbons (Fsp3) is 0.400. The van der Waals surface area contributed by atoms with Gasteiger partial charge in [-0.3, -0.25) is 4.79 Å². The van der Waals surface area contributed by atoms with Crippen molar-refractivity contribution >= 4 is 5.97 Å². The summed E-state index contributed by atoms with van der Waals surface area (Å²) in [4.78, 5) is 22.4. The Balaban J connectivity index is 2.37. The highest BCUT2D eigenvalue weighted by Crippen LogP contribution is 2.30. The zero-order valence-electron chi connectivity index (χ0n) is 7.96. The molecule has 1 aromatic heterocycles. The van der Waals surface area contributed by atoms with Crippen LogP contribution in [0.1, 0.15) is 29.2 Å². The SMILES string of the molecule is O=C(O)c1cccn(C2CC(O)C2)c1=O. The van der Waals surface area contributed by atoms with Gasteiger partial charge in [-0.1, -0.05) is 0 Å². The predicted octanol–water partition coefficient (Wildman–Crippen LogP) is 0.242. The van der Waals surface area contributed by atoms with Gasteiger partial charge in [0.2, 0.25) is 0 Å². The molecule has 1 saturated carbocycles. The molecule has 5 nitrogen and oxygen atoms in total. The second-order valence-corrected chi connectivity index (χ2v) is 3.72. The monoisotopic (exact) mass is 209 g/mol. The molecule has 0 amide bonds. The van der Waals surface area contributed by atoms with Crippen LogP contribution in [-0.2, 0) is 0 Å². The molecule has 0 unspecified atom stereocenters. The van der Waals surface area contributed by atoms with Gasteiger partial charge in [-0.15, -0.1) is 0 Å². The Morgan fingerprint density at radius 3 is 2.67 bits per heavy atom. The lowest BCUT2D eigenvalue weighted by Crippen LogP contribution is -2.38. The number of aromatic nitrogens is 1. The normalized spacial score (nSPS) is 24.6. The summed E-state index contributed by atoms with van der Waals surface area (Å²) in [6.45, 7) is 0. The first-order valence-electron chi connectivity index (χ1n) is 4.72. The first-order valence-corrected chi connectivity index (χ1v) is 4.72. The average Bonchev–Trinajstić information content (AvgIpc) is 2.13. The molecule has 0 aliphatic heterocycles. The van der Waals surface area contributed by atoms with Gasteiger partial charge in [0.1, 0.15) is 5.56 Å². The van der Waals surface area contributed by atoms with Gasteiger partial charge >= 0.3 is 5.97 Å². The van der Waals surface area contributed by atoms with Gasteiger partial charge in [0.25, 0.3) is 5.56 Å². The number of hydrogen-bond donors (Lipinski definition) is 2. The summed E-state index contributed by atoms with van der Waals surface area (Å²) in [6.07, 6.45) is 2.23. The molecular formula is C10H11NO4. The summed E-state index contributed by atoms with van der Waals surface area (Å²) >= 11 is 0. The Kier molecular flexibility index (Phi) is 2.32. The van der Waals surface area contributed by atoms with Crippen LogP contribution in [0.2, 0.25) is 0 Å². The lowest BCUT2D eigenvalue weighted by atomic mass is 9.89. The first-order chi connectivity index (χ1) is 7.09. The van der Waals surface area contributed by atoms with Crippen LogP contribution in [0.25, 0.3) is 0 Å². The number of carboxylic acid groups (broad SMARTS) is 1. The van der Waals surface area contributed by atoms with Crippen molar-refractivity contribution in [3.05, 3.63) is 34.2 Å². The van der Waals surface area contributed by atoms with E-state index in [1.165, 1.54) is 16.7 Å². The number of hydrogen-bond acceptors (Lipinski definition) is 3. The molecule has 0 spiro atoms. The summed E-state index contributed by atoms with van der Waals surface area (Å²) in [5, 5.41) is 17.9. The largest absolute Gasteiger partial charge is 0.477 e. The first kappa shape index (κ1) is 9.92. The van der Waals surface area contributed by atoms with Gasteiger partial charge in [0, 0.05) is 12.2 Å². The van der Waals surface area contributed by atoms with Crippen LogP contribution < -0.4 is 5.56 Å². The molecule has 1 aliphatic rings. The molecule has 0 aromatic carbocycles. The maximum Gasteiger partial charge on any atom is 0.341 e. The number of nitrogens with zero attached hydrogens (tertiary/aromatic N) is 1.